The van der Waals surface area contributed by atoms with Gasteiger partial charge in [0.2, 0.25) is 0 Å². The fourth-order valence-electron chi connectivity index (χ4n) is 0.841. The SMILES string of the molecule is CC(CC(=O)O)NCC(C)(C)CO. The number of carboxylic acid groups (broad SMARTS) is 1. The molecule has 0 aliphatic carbocycles. The fraction of sp³-hybridized carbons (Fsp3) is 0.889. The molecule has 78 valence electrons. The normalized spacial score (nSPS) is 14.2. The minimum absolute atomic E-state index is 0.0525. The number of hydrogen-bond acceptors (Lipinski definition) is 3. The highest BCUT2D eigenvalue weighted by Gasteiger charge is 2.17. The Labute approximate surface area is 79.0 Å². The Morgan fingerprint density at radius 1 is 1.54 bits per heavy atom. The number of hydrogen-bond donors (Lipinski definition) is 3. The molecule has 4 heteroatoms. The van der Waals surface area contributed by atoms with Gasteiger partial charge in [-0.15, -0.1) is 0 Å². The topological polar surface area (TPSA) is 69.6 Å². The van der Waals surface area contributed by atoms with Gasteiger partial charge in [0.1, 0.15) is 0 Å². The number of carboxylic acids is 1. The number of aliphatic hydroxyl groups is 1. The van der Waals surface area contributed by atoms with E-state index in [0.717, 1.165) is 0 Å². The number of nitrogens with one attached hydrogen (secondary N) is 1. The summed E-state index contributed by atoms with van der Waals surface area (Å²) in [5.74, 6) is -0.804. The Morgan fingerprint density at radius 3 is 2.46 bits per heavy atom. The van der Waals surface area contributed by atoms with Crippen LogP contribution in [0.2, 0.25) is 0 Å². The van der Waals surface area contributed by atoms with Crippen LogP contribution in [-0.4, -0.2) is 35.4 Å². The summed E-state index contributed by atoms with van der Waals surface area (Å²) in [6, 6.07) is -0.0525. The third-order valence-corrected chi connectivity index (χ3v) is 1.84. The predicted molar refractivity (Wildman–Crippen MR) is 50.6 cm³/mol. The van der Waals surface area contributed by atoms with Crippen molar-refractivity contribution in [3.63, 3.8) is 0 Å². The van der Waals surface area contributed by atoms with Crippen molar-refractivity contribution < 1.29 is 15.0 Å². The maximum atomic E-state index is 10.3. The van der Waals surface area contributed by atoms with Gasteiger partial charge in [0.15, 0.2) is 0 Å². The van der Waals surface area contributed by atoms with Crippen LogP contribution in [-0.2, 0) is 4.79 Å². The van der Waals surface area contributed by atoms with E-state index in [-0.39, 0.29) is 24.5 Å². The average Bonchev–Trinajstić information content (AvgIpc) is 2.00. The van der Waals surface area contributed by atoms with Crippen LogP contribution in [0.25, 0.3) is 0 Å². The molecule has 1 atom stereocenters. The monoisotopic (exact) mass is 189 g/mol. The molecule has 0 aromatic carbocycles. The molecule has 4 nitrogen and oxygen atoms in total. The highest BCUT2D eigenvalue weighted by Crippen LogP contribution is 2.11. The molecule has 0 saturated heterocycles. The van der Waals surface area contributed by atoms with Gasteiger partial charge in [0.05, 0.1) is 6.42 Å². The van der Waals surface area contributed by atoms with Gasteiger partial charge in [0.25, 0.3) is 0 Å². The van der Waals surface area contributed by atoms with Crippen molar-refractivity contribution >= 4 is 5.97 Å². The highest BCUT2D eigenvalue weighted by molar-refractivity contribution is 5.67. The molecule has 3 N–H and O–H groups in total. The van der Waals surface area contributed by atoms with Crippen molar-refractivity contribution in [2.45, 2.75) is 33.2 Å². The van der Waals surface area contributed by atoms with E-state index in [0.29, 0.717) is 6.54 Å². The van der Waals surface area contributed by atoms with E-state index in [1.54, 1.807) is 0 Å². The van der Waals surface area contributed by atoms with Crippen LogP contribution in [0.4, 0.5) is 0 Å². The summed E-state index contributed by atoms with van der Waals surface area (Å²) in [4.78, 5) is 10.3. The van der Waals surface area contributed by atoms with Crippen LogP contribution in [0.3, 0.4) is 0 Å². The van der Waals surface area contributed by atoms with E-state index in [1.807, 2.05) is 20.8 Å². The largest absolute Gasteiger partial charge is 0.481 e. The summed E-state index contributed by atoms with van der Waals surface area (Å²) in [6.07, 6.45) is 0.113. The minimum atomic E-state index is -0.804. The van der Waals surface area contributed by atoms with E-state index in [9.17, 15) is 4.79 Å². The lowest BCUT2D eigenvalue weighted by atomic mass is 9.94. The van der Waals surface area contributed by atoms with Crippen molar-refractivity contribution in [1.29, 1.82) is 0 Å². The zero-order valence-corrected chi connectivity index (χ0v) is 8.50. The number of aliphatic hydroxyl groups excluding tert-OH is 1. The molecule has 0 aliphatic heterocycles. The summed E-state index contributed by atoms with van der Waals surface area (Å²) >= 11 is 0. The zero-order chi connectivity index (χ0) is 10.5. The van der Waals surface area contributed by atoms with Crippen molar-refractivity contribution in [1.82, 2.24) is 5.32 Å². The van der Waals surface area contributed by atoms with Crippen LogP contribution in [0, 0.1) is 5.41 Å². The summed E-state index contributed by atoms with van der Waals surface area (Å²) in [7, 11) is 0. The van der Waals surface area contributed by atoms with Crippen LogP contribution in [0.1, 0.15) is 27.2 Å². The van der Waals surface area contributed by atoms with Gasteiger partial charge in [-0.3, -0.25) is 4.79 Å². The zero-order valence-electron chi connectivity index (χ0n) is 8.50. The van der Waals surface area contributed by atoms with Crippen molar-refractivity contribution in [2.75, 3.05) is 13.2 Å². The minimum Gasteiger partial charge on any atom is -0.481 e. The Bertz CT molecular complexity index is 168. The van der Waals surface area contributed by atoms with Crippen LogP contribution < -0.4 is 5.32 Å². The molecule has 0 saturated carbocycles. The first kappa shape index (κ1) is 12.4. The number of aliphatic carboxylic acids is 1. The molecule has 1 unspecified atom stereocenters. The second kappa shape index (κ2) is 5.19. The van der Waals surface area contributed by atoms with E-state index in [4.69, 9.17) is 10.2 Å². The van der Waals surface area contributed by atoms with Gasteiger partial charge < -0.3 is 15.5 Å². The van der Waals surface area contributed by atoms with Crippen LogP contribution in [0.15, 0.2) is 0 Å². The summed E-state index contributed by atoms with van der Waals surface area (Å²) < 4.78 is 0. The van der Waals surface area contributed by atoms with E-state index < -0.39 is 5.97 Å². The molecule has 0 aromatic rings. The van der Waals surface area contributed by atoms with E-state index in [1.165, 1.54) is 0 Å². The average molecular weight is 189 g/mol. The number of rotatable bonds is 6. The third kappa shape index (κ3) is 6.54. The maximum absolute atomic E-state index is 10.3. The quantitative estimate of drug-likeness (QED) is 0.567. The summed E-state index contributed by atoms with van der Waals surface area (Å²) in [5, 5.41) is 20.5. The maximum Gasteiger partial charge on any atom is 0.304 e. The molecule has 0 heterocycles. The lowest BCUT2D eigenvalue weighted by molar-refractivity contribution is -0.137. The van der Waals surface area contributed by atoms with Gasteiger partial charge >= 0.3 is 5.97 Å². The van der Waals surface area contributed by atoms with Gasteiger partial charge in [-0.2, -0.15) is 0 Å². The van der Waals surface area contributed by atoms with E-state index in [2.05, 4.69) is 5.32 Å². The lowest BCUT2D eigenvalue weighted by Crippen LogP contribution is -2.38. The lowest BCUT2D eigenvalue weighted by Gasteiger charge is -2.24. The predicted octanol–water partition coefficient (Wildman–Crippen LogP) is 0.458. The second-order valence-electron chi connectivity index (χ2n) is 4.20. The summed E-state index contributed by atoms with van der Waals surface area (Å²) in [6.45, 7) is 6.39. The highest BCUT2D eigenvalue weighted by atomic mass is 16.4. The fourth-order valence-corrected chi connectivity index (χ4v) is 0.841. The first-order valence-corrected chi connectivity index (χ1v) is 4.43. The Kier molecular flexibility index (Phi) is 4.95. The Hall–Kier alpha value is -0.610. The first-order chi connectivity index (χ1) is 5.87. The third-order valence-electron chi connectivity index (χ3n) is 1.84. The van der Waals surface area contributed by atoms with Gasteiger partial charge in [-0.05, 0) is 6.92 Å². The molecule has 0 amide bonds. The molecule has 0 radical (unpaired) electrons. The molecular formula is C9H19NO3. The molecule has 0 spiro atoms. The van der Waals surface area contributed by atoms with Crippen molar-refractivity contribution in [3.8, 4) is 0 Å². The first-order valence-electron chi connectivity index (χ1n) is 4.43. The summed E-state index contributed by atoms with van der Waals surface area (Å²) in [5.41, 5.74) is -0.188. The van der Waals surface area contributed by atoms with Crippen LogP contribution >= 0.6 is 0 Å². The van der Waals surface area contributed by atoms with Gasteiger partial charge in [-0.25, -0.2) is 0 Å². The number of carbonyl (C=O) groups is 1. The molecule has 0 rings (SSSR count). The smallest absolute Gasteiger partial charge is 0.304 e. The van der Waals surface area contributed by atoms with E-state index >= 15 is 0 Å². The molecule has 0 bridgehead atoms. The molecule has 0 aliphatic rings. The van der Waals surface area contributed by atoms with Crippen LogP contribution in [0.5, 0.6) is 0 Å². The van der Waals surface area contributed by atoms with Crippen molar-refractivity contribution in [2.24, 2.45) is 5.41 Å². The molecule has 0 fully saturated rings. The van der Waals surface area contributed by atoms with Crippen molar-refractivity contribution in [3.05, 3.63) is 0 Å². The van der Waals surface area contributed by atoms with Gasteiger partial charge in [0, 0.05) is 24.6 Å². The Balaban J connectivity index is 3.69. The molecular weight excluding hydrogens is 170 g/mol. The second-order valence-corrected chi connectivity index (χ2v) is 4.20. The molecule has 13 heavy (non-hydrogen) atoms. The Morgan fingerprint density at radius 2 is 2.08 bits per heavy atom. The standard InChI is InChI=1S/C9H19NO3/c1-7(4-8(12)13)10-5-9(2,3)6-11/h7,10-11H,4-6H2,1-3H3,(H,12,13). The van der Waals surface area contributed by atoms with Gasteiger partial charge in [-0.1, -0.05) is 13.8 Å². The molecule has 0 aromatic heterocycles.